The van der Waals surface area contributed by atoms with Crippen LogP contribution in [0.4, 0.5) is 4.79 Å². The van der Waals surface area contributed by atoms with Crippen LogP contribution < -0.4 is 11.1 Å². The lowest BCUT2D eigenvalue weighted by molar-refractivity contribution is 0.0523. The van der Waals surface area contributed by atoms with Gasteiger partial charge in [-0.05, 0) is 75.8 Å². The van der Waals surface area contributed by atoms with Gasteiger partial charge >= 0.3 is 6.09 Å². The minimum absolute atomic E-state index is 0.253. The van der Waals surface area contributed by atoms with E-state index < -0.39 is 17.6 Å². The van der Waals surface area contributed by atoms with E-state index in [1.54, 1.807) is 12.3 Å². The summed E-state index contributed by atoms with van der Waals surface area (Å²) in [7, 11) is 0. The summed E-state index contributed by atoms with van der Waals surface area (Å²) < 4.78 is 5.51. The molecule has 8 heteroatoms. The van der Waals surface area contributed by atoms with E-state index in [2.05, 4.69) is 55.3 Å². The molecule has 0 aliphatic carbocycles. The van der Waals surface area contributed by atoms with Gasteiger partial charge in [-0.25, -0.2) is 9.78 Å². The van der Waals surface area contributed by atoms with E-state index in [0.29, 0.717) is 16.6 Å². The molecule has 2 amide bonds. The predicted molar refractivity (Wildman–Crippen MR) is 153 cm³/mol. The van der Waals surface area contributed by atoms with Crippen LogP contribution in [-0.2, 0) is 23.5 Å². The van der Waals surface area contributed by atoms with Gasteiger partial charge < -0.3 is 15.8 Å². The van der Waals surface area contributed by atoms with Crippen molar-refractivity contribution in [2.45, 2.75) is 77.7 Å². The van der Waals surface area contributed by atoms with E-state index in [1.807, 2.05) is 33.8 Å². The van der Waals surface area contributed by atoms with E-state index in [1.165, 1.54) is 11.8 Å². The SMILES string of the molecule is Cc1ccc(-c2c(CSc3cccnc3C(N)=O)c(C)nc(CC(C)C)c2CNC(=O)OC(C)(C)C)cc1. The van der Waals surface area contributed by atoms with Gasteiger partial charge in [-0.15, -0.1) is 11.8 Å². The van der Waals surface area contributed by atoms with Gasteiger partial charge in [0.25, 0.3) is 5.91 Å². The molecule has 1 aromatic carbocycles. The van der Waals surface area contributed by atoms with Crippen LogP contribution in [0, 0.1) is 19.8 Å². The van der Waals surface area contributed by atoms with Crippen LogP contribution in [-0.4, -0.2) is 27.6 Å². The molecule has 0 bridgehead atoms. The number of primary amides is 1. The van der Waals surface area contributed by atoms with Gasteiger partial charge in [-0.1, -0.05) is 43.7 Å². The number of ether oxygens (including phenoxy) is 1. The molecule has 0 aliphatic rings. The van der Waals surface area contributed by atoms with Gasteiger partial charge in [0.1, 0.15) is 11.3 Å². The van der Waals surface area contributed by atoms with Crippen LogP contribution in [0.5, 0.6) is 0 Å². The first kappa shape index (κ1) is 29.2. The smallest absolute Gasteiger partial charge is 0.407 e. The Kier molecular flexibility index (Phi) is 9.55. The fraction of sp³-hybridized carbons (Fsp3) is 0.400. The lowest BCUT2D eigenvalue weighted by atomic mass is 9.90. The summed E-state index contributed by atoms with van der Waals surface area (Å²) in [6.45, 7) is 14.2. The van der Waals surface area contributed by atoms with Crippen molar-refractivity contribution in [3.63, 3.8) is 0 Å². The van der Waals surface area contributed by atoms with Crippen molar-refractivity contribution in [2.24, 2.45) is 11.7 Å². The number of nitrogens with zero attached hydrogens (tertiary/aromatic N) is 2. The number of aryl methyl sites for hydroxylation is 2. The molecule has 0 saturated heterocycles. The first-order valence-corrected chi connectivity index (χ1v) is 13.8. The molecule has 2 aromatic heterocycles. The monoisotopic (exact) mass is 534 g/mol. The van der Waals surface area contributed by atoms with Crippen molar-refractivity contribution in [1.82, 2.24) is 15.3 Å². The van der Waals surface area contributed by atoms with Crippen molar-refractivity contribution < 1.29 is 14.3 Å². The van der Waals surface area contributed by atoms with E-state index in [9.17, 15) is 9.59 Å². The highest BCUT2D eigenvalue weighted by Gasteiger charge is 2.23. The van der Waals surface area contributed by atoms with Gasteiger partial charge in [0, 0.05) is 40.3 Å². The third kappa shape index (κ3) is 7.81. The average molecular weight is 535 g/mol. The molecule has 2 heterocycles. The molecular formula is C30H38N4O3S. The Labute approximate surface area is 230 Å². The van der Waals surface area contributed by atoms with Crippen molar-refractivity contribution in [3.05, 3.63) is 76.4 Å². The number of rotatable bonds is 9. The molecule has 0 fully saturated rings. The van der Waals surface area contributed by atoms with Gasteiger partial charge in [0.05, 0.1) is 0 Å². The van der Waals surface area contributed by atoms with Gasteiger partial charge in [-0.2, -0.15) is 0 Å². The molecule has 7 nitrogen and oxygen atoms in total. The summed E-state index contributed by atoms with van der Waals surface area (Å²) in [6.07, 6.45) is 1.86. The van der Waals surface area contributed by atoms with Gasteiger partial charge in [-0.3, -0.25) is 9.78 Å². The summed E-state index contributed by atoms with van der Waals surface area (Å²) >= 11 is 1.50. The van der Waals surface area contributed by atoms with E-state index in [0.717, 1.165) is 45.6 Å². The first-order chi connectivity index (χ1) is 17.9. The maximum Gasteiger partial charge on any atom is 0.407 e. The normalized spacial score (nSPS) is 11.5. The second kappa shape index (κ2) is 12.4. The molecule has 38 heavy (non-hydrogen) atoms. The topological polar surface area (TPSA) is 107 Å². The molecule has 0 aliphatic heterocycles. The number of pyridine rings is 2. The molecule has 0 saturated carbocycles. The Morgan fingerprint density at radius 3 is 2.37 bits per heavy atom. The summed E-state index contributed by atoms with van der Waals surface area (Å²) in [5, 5.41) is 2.96. The molecule has 0 unspecified atom stereocenters. The van der Waals surface area contributed by atoms with Gasteiger partial charge in [0.15, 0.2) is 0 Å². The van der Waals surface area contributed by atoms with Crippen LogP contribution in [0.15, 0.2) is 47.5 Å². The fourth-order valence-corrected chi connectivity index (χ4v) is 5.27. The molecule has 0 atom stereocenters. The Bertz CT molecular complexity index is 1300. The van der Waals surface area contributed by atoms with Crippen LogP contribution >= 0.6 is 11.8 Å². The number of hydrogen-bond donors (Lipinski definition) is 2. The van der Waals surface area contributed by atoms with Gasteiger partial charge in [0.2, 0.25) is 0 Å². The number of carbonyl (C=O) groups is 2. The molecule has 3 N–H and O–H groups in total. The number of nitrogens with one attached hydrogen (secondary N) is 1. The third-order valence-electron chi connectivity index (χ3n) is 5.82. The second-order valence-corrected chi connectivity index (χ2v) is 11.8. The summed E-state index contributed by atoms with van der Waals surface area (Å²) in [5.74, 6) is 0.369. The highest BCUT2D eigenvalue weighted by Crippen LogP contribution is 2.37. The molecular weight excluding hydrogens is 496 g/mol. The number of benzene rings is 1. The van der Waals surface area contributed by atoms with Crippen LogP contribution in [0.2, 0.25) is 0 Å². The van der Waals surface area contributed by atoms with Crippen molar-refractivity contribution >= 4 is 23.8 Å². The zero-order valence-electron chi connectivity index (χ0n) is 23.3. The van der Waals surface area contributed by atoms with E-state index >= 15 is 0 Å². The van der Waals surface area contributed by atoms with E-state index in [-0.39, 0.29) is 12.2 Å². The average Bonchev–Trinajstić information content (AvgIpc) is 2.81. The number of amides is 2. The maximum atomic E-state index is 12.6. The Balaban J connectivity index is 2.13. The number of thioether (sulfide) groups is 1. The van der Waals surface area contributed by atoms with Crippen LogP contribution in [0.25, 0.3) is 11.1 Å². The largest absolute Gasteiger partial charge is 0.444 e. The minimum Gasteiger partial charge on any atom is -0.444 e. The van der Waals surface area contributed by atoms with Crippen LogP contribution in [0.3, 0.4) is 0 Å². The molecule has 0 radical (unpaired) electrons. The highest BCUT2D eigenvalue weighted by atomic mass is 32.2. The number of nitrogens with two attached hydrogens (primary N) is 1. The van der Waals surface area contributed by atoms with E-state index in [4.69, 9.17) is 15.5 Å². The quantitative estimate of drug-likeness (QED) is 0.309. The van der Waals surface area contributed by atoms with Crippen LogP contribution in [0.1, 0.15) is 73.2 Å². The number of alkyl carbamates (subject to hydrolysis) is 1. The summed E-state index contributed by atoms with van der Waals surface area (Å²) in [5.41, 5.74) is 12.3. The Hall–Kier alpha value is -3.39. The zero-order chi connectivity index (χ0) is 28.0. The Morgan fingerprint density at radius 1 is 1.08 bits per heavy atom. The molecule has 3 aromatic rings. The summed E-state index contributed by atoms with van der Waals surface area (Å²) in [6, 6.07) is 12.0. The third-order valence-corrected chi connectivity index (χ3v) is 6.89. The first-order valence-electron chi connectivity index (χ1n) is 12.8. The lowest BCUT2D eigenvalue weighted by Gasteiger charge is -2.23. The van der Waals surface area contributed by atoms with Crippen molar-refractivity contribution in [3.8, 4) is 11.1 Å². The lowest BCUT2D eigenvalue weighted by Crippen LogP contribution is -2.32. The summed E-state index contributed by atoms with van der Waals surface area (Å²) in [4.78, 5) is 34.5. The molecule has 0 spiro atoms. The second-order valence-electron chi connectivity index (χ2n) is 10.8. The Morgan fingerprint density at radius 2 is 1.76 bits per heavy atom. The zero-order valence-corrected chi connectivity index (χ0v) is 24.2. The van der Waals surface area contributed by atoms with Crippen molar-refractivity contribution in [2.75, 3.05) is 0 Å². The minimum atomic E-state index is -0.597. The number of hydrogen-bond acceptors (Lipinski definition) is 6. The van der Waals surface area contributed by atoms with Crippen molar-refractivity contribution in [1.29, 1.82) is 0 Å². The molecule has 3 rings (SSSR count). The predicted octanol–water partition coefficient (Wildman–Crippen LogP) is 6.37. The fourth-order valence-electron chi connectivity index (χ4n) is 4.15. The maximum absolute atomic E-state index is 12.6. The number of aromatic nitrogens is 2. The standard InChI is InChI=1S/C30H38N4O3S/c1-18(2)15-24-22(16-33-29(36)37-30(5,6)7)26(21-12-10-19(3)11-13-21)23(20(4)34-24)17-38-25-9-8-14-32-27(25)28(31)35/h8-14,18H,15-17H2,1-7H3,(H2,31,35)(H,33,36). The molecule has 202 valence electrons. The number of carbonyl (C=O) groups excluding carboxylic acids is 2. The highest BCUT2D eigenvalue weighted by molar-refractivity contribution is 7.98.